The van der Waals surface area contributed by atoms with Crippen molar-refractivity contribution < 1.29 is 14.4 Å². The summed E-state index contributed by atoms with van der Waals surface area (Å²) in [6, 6.07) is 2.74. The molecule has 0 fully saturated rings. The largest absolute Gasteiger partial charge is 0.493 e. The van der Waals surface area contributed by atoms with E-state index in [-0.39, 0.29) is 40.5 Å². The second-order valence-electron chi connectivity index (χ2n) is 6.25. The van der Waals surface area contributed by atoms with Crippen LogP contribution in [0.3, 0.4) is 0 Å². The summed E-state index contributed by atoms with van der Waals surface area (Å²) in [5.74, 6) is 0.844. The van der Waals surface area contributed by atoms with Crippen molar-refractivity contribution in [1.82, 2.24) is 19.1 Å². The number of nitrogens with one attached hydrogen (secondary N) is 1. The highest BCUT2D eigenvalue weighted by molar-refractivity contribution is 5.78. The van der Waals surface area contributed by atoms with Crippen LogP contribution in [0.25, 0.3) is 23.3 Å². The number of nitro groups is 1. The van der Waals surface area contributed by atoms with Gasteiger partial charge in [-0.3, -0.25) is 24.0 Å². The summed E-state index contributed by atoms with van der Waals surface area (Å²) >= 11 is 0. The van der Waals surface area contributed by atoms with Crippen LogP contribution in [0.2, 0.25) is 0 Å². The van der Waals surface area contributed by atoms with Crippen LogP contribution in [-0.2, 0) is 13.1 Å². The minimum Gasteiger partial charge on any atom is -0.493 e. The predicted octanol–water partition coefficient (Wildman–Crippen LogP) is 2.02. The number of hydrogen-bond donors (Lipinski definition) is 1. The van der Waals surface area contributed by atoms with Crippen molar-refractivity contribution in [3.8, 4) is 11.5 Å². The third-order valence-corrected chi connectivity index (χ3v) is 4.66. The minimum absolute atomic E-state index is 0.182. The van der Waals surface area contributed by atoms with Crippen LogP contribution in [0.5, 0.6) is 11.5 Å². The van der Waals surface area contributed by atoms with Gasteiger partial charge in [0, 0.05) is 13.1 Å². The van der Waals surface area contributed by atoms with Gasteiger partial charge in [0.05, 0.1) is 30.8 Å². The van der Waals surface area contributed by atoms with Gasteiger partial charge in [0.2, 0.25) is 0 Å². The number of aromatic nitrogens is 4. The topological polar surface area (TPSA) is 134 Å². The Bertz CT molecular complexity index is 1270. The number of rotatable bonds is 7. The van der Waals surface area contributed by atoms with Crippen molar-refractivity contribution >= 4 is 29.0 Å². The molecule has 0 atom stereocenters. The lowest BCUT2D eigenvalue weighted by Gasteiger charge is -2.08. The molecule has 0 radical (unpaired) electrons. The van der Waals surface area contributed by atoms with Crippen molar-refractivity contribution in [3.05, 3.63) is 54.5 Å². The van der Waals surface area contributed by atoms with Crippen LogP contribution in [-0.4, -0.2) is 38.2 Å². The van der Waals surface area contributed by atoms with Crippen LogP contribution >= 0.6 is 0 Å². The Balaban J connectivity index is 2.15. The Morgan fingerprint density at radius 3 is 2.30 bits per heavy atom. The smallest absolute Gasteiger partial charge is 0.332 e. The van der Waals surface area contributed by atoms with Gasteiger partial charge in [-0.15, -0.1) is 0 Å². The molecule has 0 amide bonds. The SMILES string of the molecule is CCn1c(=O)c2[nH]c(C=Cc3cc(OC)c(OC)cc3[N+](=O)[O-])nc2n(CC)c1=O. The summed E-state index contributed by atoms with van der Waals surface area (Å²) in [7, 11) is 2.82. The monoisotopic (exact) mass is 415 g/mol. The molecule has 11 heteroatoms. The second kappa shape index (κ2) is 8.23. The molecule has 0 aliphatic heterocycles. The van der Waals surface area contributed by atoms with Crippen LogP contribution in [0.1, 0.15) is 25.2 Å². The number of hydrogen-bond acceptors (Lipinski definition) is 7. The first-order valence-corrected chi connectivity index (χ1v) is 9.18. The number of methoxy groups -OCH3 is 2. The van der Waals surface area contributed by atoms with Gasteiger partial charge in [0.1, 0.15) is 11.3 Å². The highest BCUT2D eigenvalue weighted by Gasteiger charge is 2.19. The lowest BCUT2D eigenvalue weighted by molar-refractivity contribution is -0.385. The summed E-state index contributed by atoms with van der Waals surface area (Å²) in [4.78, 5) is 43.2. The average Bonchev–Trinajstić information content (AvgIpc) is 3.16. The highest BCUT2D eigenvalue weighted by atomic mass is 16.6. The molecule has 0 saturated heterocycles. The molecule has 0 aliphatic carbocycles. The lowest BCUT2D eigenvalue weighted by Crippen LogP contribution is -2.39. The number of aryl methyl sites for hydroxylation is 1. The number of nitro benzene ring substituents is 1. The molecule has 0 unspecified atom stereocenters. The van der Waals surface area contributed by atoms with E-state index in [4.69, 9.17) is 9.47 Å². The maximum atomic E-state index is 12.6. The normalized spacial score (nSPS) is 11.3. The lowest BCUT2D eigenvalue weighted by atomic mass is 10.1. The maximum absolute atomic E-state index is 12.6. The predicted molar refractivity (Wildman–Crippen MR) is 111 cm³/mol. The number of nitrogens with zero attached hydrogens (tertiary/aromatic N) is 4. The van der Waals surface area contributed by atoms with Crippen LogP contribution in [0.15, 0.2) is 21.7 Å². The van der Waals surface area contributed by atoms with Crippen molar-refractivity contribution in [2.75, 3.05) is 14.2 Å². The number of benzene rings is 1. The Morgan fingerprint density at radius 1 is 1.10 bits per heavy atom. The molecular weight excluding hydrogens is 394 g/mol. The molecule has 1 aromatic carbocycles. The van der Waals surface area contributed by atoms with E-state index >= 15 is 0 Å². The Morgan fingerprint density at radius 2 is 1.73 bits per heavy atom. The summed E-state index contributed by atoms with van der Waals surface area (Å²) in [5, 5.41) is 11.4. The Labute approximate surface area is 170 Å². The van der Waals surface area contributed by atoms with Crippen molar-refractivity contribution in [3.63, 3.8) is 0 Å². The van der Waals surface area contributed by atoms with Crippen LogP contribution < -0.4 is 20.7 Å². The van der Waals surface area contributed by atoms with E-state index in [2.05, 4.69) is 9.97 Å². The average molecular weight is 415 g/mol. The maximum Gasteiger partial charge on any atom is 0.332 e. The molecule has 158 valence electrons. The summed E-state index contributed by atoms with van der Waals surface area (Å²) in [6.45, 7) is 4.06. The fraction of sp³-hybridized carbons (Fsp3) is 0.316. The van der Waals surface area contributed by atoms with Gasteiger partial charge in [0.15, 0.2) is 17.1 Å². The fourth-order valence-corrected chi connectivity index (χ4v) is 3.17. The molecule has 2 aromatic heterocycles. The molecule has 0 saturated carbocycles. The molecule has 11 nitrogen and oxygen atoms in total. The molecule has 30 heavy (non-hydrogen) atoms. The summed E-state index contributed by atoms with van der Waals surface area (Å²) in [5.41, 5.74) is -0.393. The van der Waals surface area contributed by atoms with Crippen molar-refractivity contribution in [1.29, 1.82) is 0 Å². The van der Waals surface area contributed by atoms with E-state index in [1.807, 2.05) is 0 Å². The first-order valence-electron chi connectivity index (χ1n) is 9.18. The van der Waals surface area contributed by atoms with E-state index in [1.165, 1.54) is 43.1 Å². The van der Waals surface area contributed by atoms with E-state index in [9.17, 15) is 19.7 Å². The quantitative estimate of drug-likeness (QED) is 0.461. The van der Waals surface area contributed by atoms with Crippen LogP contribution in [0.4, 0.5) is 5.69 Å². The van der Waals surface area contributed by atoms with E-state index in [0.717, 1.165) is 4.57 Å². The molecule has 3 rings (SSSR count). The van der Waals surface area contributed by atoms with Gasteiger partial charge in [-0.05, 0) is 32.1 Å². The second-order valence-corrected chi connectivity index (χ2v) is 6.25. The third kappa shape index (κ3) is 3.45. The van der Waals surface area contributed by atoms with E-state index < -0.39 is 16.2 Å². The van der Waals surface area contributed by atoms with E-state index in [0.29, 0.717) is 12.3 Å². The Kier molecular flexibility index (Phi) is 5.72. The molecule has 1 N–H and O–H groups in total. The molecule has 0 spiro atoms. The fourth-order valence-electron chi connectivity index (χ4n) is 3.17. The van der Waals surface area contributed by atoms with E-state index in [1.54, 1.807) is 13.8 Å². The highest BCUT2D eigenvalue weighted by Crippen LogP contribution is 2.35. The van der Waals surface area contributed by atoms with Crippen LogP contribution in [0, 0.1) is 10.1 Å². The van der Waals surface area contributed by atoms with Crippen molar-refractivity contribution in [2.24, 2.45) is 0 Å². The Hall–Kier alpha value is -3.89. The van der Waals surface area contributed by atoms with Gasteiger partial charge in [0.25, 0.3) is 11.2 Å². The number of H-pyrrole nitrogens is 1. The molecular formula is C19H21N5O6. The number of fused-ring (bicyclic) bond motifs is 1. The third-order valence-electron chi connectivity index (χ3n) is 4.66. The van der Waals surface area contributed by atoms with Crippen molar-refractivity contribution in [2.45, 2.75) is 26.9 Å². The minimum atomic E-state index is -0.533. The molecule has 0 bridgehead atoms. The standard InChI is InChI=1S/C19H21N5O6/c1-5-22-17-16(18(25)23(6-2)19(22)26)20-15(21-17)8-7-11-9-13(29-3)14(30-4)10-12(11)24(27)28/h7-10H,5-6H2,1-4H3,(H,20,21). The van der Waals surface area contributed by atoms with Gasteiger partial charge in [-0.2, -0.15) is 0 Å². The van der Waals surface area contributed by atoms with Gasteiger partial charge >= 0.3 is 5.69 Å². The summed E-state index contributed by atoms with van der Waals surface area (Å²) < 4.78 is 12.8. The zero-order valence-corrected chi connectivity index (χ0v) is 17.0. The number of ether oxygens (including phenoxy) is 2. The molecule has 0 aliphatic rings. The number of aromatic amines is 1. The summed E-state index contributed by atoms with van der Waals surface area (Å²) in [6.07, 6.45) is 2.97. The van der Waals surface area contributed by atoms with Gasteiger partial charge in [-0.25, -0.2) is 9.78 Å². The zero-order valence-electron chi connectivity index (χ0n) is 17.0. The first kappa shape index (κ1) is 20.8. The molecule has 2 heterocycles. The first-order chi connectivity index (χ1) is 14.4. The van der Waals surface area contributed by atoms with Gasteiger partial charge < -0.3 is 14.5 Å². The number of imidazole rings is 1. The molecule has 3 aromatic rings. The zero-order chi connectivity index (χ0) is 22.0. The van der Waals surface area contributed by atoms with Gasteiger partial charge in [-0.1, -0.05) is 0 Å².